The summed E-state index contributed by atoms with van der Waals surface area (Å²) in [5.41, 5.74) is 1.15. The second-order valence-electron chi connectivity index (χ2n) is 4.45. The molecule has 0 aliphatic carbocycles. The molecule has 1 N–H and O–H groups in total. The van der Waals surface area contributed by atoms with Crippen molar-refractivity contribution in [1.29, 1.82) is 0 Å². The molecule has 19 heavy (non-hydrogen) atoms. The van der Waals surface area contributed by atoms with Crippen molar-refractivity contribution in [1.82, 2.24) is 0 Å². The number of para-hydroxylation sites is 1. The number of halogens is 1. The lowest BCUT2D eigenvalue weighted by Crippen LogP contribution is -2.24. The van der Waals surface area contributed by atoms with Crippen LogP contribution >= 0.6 is 11.3 Å². The van der Waals surface area contributed by atoms with Crippen LogP contribution in [0.15, 0.2) is 35.7 Å². The van der Waals surface area contributed by atoms with E-state index in [1.54, 1.807) is 30.4 Å². The molecule has 1 aromatic carbocycles. The van der Waals surface area contributed by atoms with Gasteiger partial charge in [0.1, 0.15) is 5.82 Å². The van der Waals surface area contributed by atoms with Crippen LogP contribution in [0.4, 0.5) is 10.1 Å². The van der Waals surface area contributed by atoms with Crippen molar-refractivity contribution in [3.05, 3.63) is 52.0 Å². The Morgan fingerprint density at radius 1 is 1.32 bits per heavy atom. The van der Waals surface area contributed by atoms with Gasteiger partial charge in [0.2, 0.25) is 0 Å². The number of hydrogen-bond acceptors (Lipinski definition) is 3. The first-order chi connectivity index (χ1) is 9.13. The van der Waals surface area contributed by atoms with Gasteiger partial charge in [-0.3, -0.25) is 0 Å². The molecule has 0 saturated heterocycles. The Bertz CT molecular complexity index is 525. The second kappa shape index (κ2) is 6.17. The number of benzene rings is 1. The lowest BCUT2D eigenvalue weighted by Gasteiger charge is -2.26. The van der Waals surface area contributed by atoms with E-state index in [2.05, 4.69) is 0 Å². The van der Waals surface area contributed by atoms with E-state index in [1.807, 2.05) is 29.3 Å². The predicted molar refractivity (Wildman–Crippen MR) is 78.1 cm³/mol. The fourth-order valence-corrected chi connectivity index (χ4v) is 2.86. The summed E-state index contributed by atoms with van der Waals surface area (Å²) in [5, 5.41) is 11.8. The second-order valence-corrected chi connectivity index (χ2v) is 5.48. The maximum absolute atomic E-state index is 14.1. The Labute approximate surface area is 117 Å². The largest absolute Gasteiger partial charge is 0.389 e. The molecule has 0 aliphatic heterocycles. The van der Waals surface area contributed by atoms with Crippen molar-refractivity contribution in [2.24, 2.45) is 0 Å². The van der Waals surface area contributed by atoms with E-state index in [1.165, 1.54) is 10.9 Å². The van der Waals surface area contributed by atoms with E-state index in [-0.39, 0.29) is 5.82 Å². The van der Waals surface area contributed by atoms with Gasteiger partial charge in [0, 0.05) is 17.0 Å². The number of aliphatic hydroxyl groups excluding tert-OH is 1. The van der Waals surface area contributed by atoms with Gasteiger partial charge < -0.3 is 10.0 Å². The highest BCUT2D eigenvalue weighted by atomic mass is 32.1. The molecule has 1 aromatic heterocycles. The maximum atomic E-state index is 14.1. The zero-order valence-electron chi connectivity index (χ0n) is 11.1. The highest BCUT2D eigenvalue weighted by Gasteiger charge is 2.18. The van der Waals surface area contributed by atoms with Crippen LogP contribution in [0.3, 0.4) is 0 Å². The van der Waals surface area contributed by atoms with E-state index in [0.29, 0.717) is 24.3 Å². The zero-order chi connectivity index (χ0) is 13.8. The topological polar surface area (TPSA) is 23.5 Å². The third-order valence-electron chi connectivity index (χ3n) is 3.09. The van der Waals surface area contributed by atoms with Gasteiger partial charge in [0.25, 0.3) is 0 Å². The Kier molecular flexibility index (Phi) is 4.56. The van der Waals surface area contributed by atoms with Gasteiger partial charge in [0.15, 0.2) is 0 Å². The standard InChI is InChI=1S/C15H18FNOS/c1-3-17(10-12-6-5-9-19-12)15-13(11(2)18)7-4-8-14(15)16/h4-9,11,18H,3,10H2,1-2H3/t11-/m1/s1. The molecule has 102 valence electrons. The van der Waals surface area contributed by atoms with Crippen LogP contribution in [0.2, 0.25) is 0 Å². The first-order valence-corrected chi connectivity index (χ1v) is 7.25. The molecule has 1 atom stereocenters. The van der Waals surface area contributed by atoms with Gasteiger partial charge >= 0.3 is 0 Å². The summed E-state index contributed by atoms with van der Waals surface area (Å²) in [7, 11) is 0. The molecular weight excluding hydrogens is 261 g/mol. The molecule has 4 heteroatoms. The minimum Gasteiger partial charge on any atom is -0.389 e. The average molecular weight is 279 g/mol. The molecule has 0 fully saturated rings. The van der Waals surface area contributed by atoms with Crippen LogP contribution in [0.5, 0.6) is 0 Å². The molecular formula is C15H18FNOS. The van der Waals surface area contributed by atoms with E-state index in [4.69, 9.17) is 0 Å². The number of hydrogen-bond donors (Lipinski definition) is 1. The first-order valence-electron chi connectivity index (χ1n) is 6.37. The minimum atomic E-state index is -0.678. The summed E-state index contributed by atoms with van der Waals surface area (Å²) >= 11 is 1.65. The number of nitrogens with zero attached hydrogens (tertiary/aromatic N) is 1. The quantitative estimate of drug-likeness (QED) is 0.895. The molecule has 0 saturated carbocycles. The molecule has 2 rings (SSSR count). The zero-order valence-corrected chi connectivity index (χ0v) is 12.0. The molecule has 2 aromatic rings. The van der Waals surface area contributed by atoms with Crippen LogP contribution in [-0.2, 0) is 6.54 Å². The lowest BCUT2D eigenvalue weighted by atomic mass is 10.1. The van der Waals surface area contributed by atoms with Gasteiger partial charge in [-0.25, -0.2) is 4.39 Å². The maximum Gasteiger partial charge on any atom is 0.146 e. The van der Waals surface area contributed by atoms with Crippen LogP contribution in [-0.4, -0.2) is 11.7 Å². The van der Waals surface area contributed by atoms with E-state index in [0.717, 1.165) is 0 Å². The number of anilines is 1. The van der Waals surface area contributed by atoms with Crippen LogP contribution in [0.1, 0.15) is 30.4 Å². The summed E-state index contributed by atoms with van der Waals surface area (Å²) in [5.74, 6) is -0.281. The van der Waals surface area contributed by atoms with E-state index >= 15 is 0 Å². The third kappa shape index (κ3) is 3.14. The summed E-state index contributed by atoms with van der Waals surface area (Å²) in [4.78, 5) is 3.14. The highest BCUT2D eigenvalue weighted by Crippen LogP contribution is 2.30. The molecule has 0 spiro atoms. The van der Waals surface area contributed by atoms with Gasteiger partial charge in [0.05, 0.1) is 18.3 Å². The lowest BCUT2D eigenvalue weighted by molar-refractivity contribution is 0.199. The monoisotopic (exact) mass is 279 g/mol. The van der Waals surface area contributed by atoms with Crippen molar-refractivity contribution in [3.63, 3.8) is 0 Å². The summed E-state index contributed by atoms with van der Waals surface area (Å²) < 4.78 is 14.1. The molecule has 0 radical (unpaired) electrons. The first kappa shape index (κ1) is 14.0. The molecule has 0 bridgehead atoms. The Hall–Kier alpha value is -1.39. The minimum absolute atomic E-state index is 0.281. The number of aliphatic hydroxyl groups is 1. The van der Waals surface area contributed by atoms with Gasteiger partial charge in [-0.2, -0.15) is 0 Å². The number of thiophene rings is 1. The summed E-state index contributed by atoms with van der Waals surface area (Å²) in [6.45, 7) is 5.01. The van der Waals surface area contributed by atoms with E-state index in [9.17, 15) is 9.50 Å². The summed E-state index contributed by atoms with van der Waals surface area (Å²) in [6.07, 6.45) is -0.678. The average Bonchev–Trinajstić information content (AvgIpc) is 2.89. The number of rotatable bonds is 5. The highest BCUT2D eigenvalue weighted by molar-refractivity contribution is 7.09. The smallest absolute Gasteiger partial charge is 0.146 e. The summed E-state index contributed by atoms with van der Waals surface area (Å²) in [6, 6.07) is 8.89. The molecule has 2 nitrogen and oxygen atoms in total. The van der Waals surface area contributed by atoms with Crippen LogP contribution in [0, 0.1) is 5.82 Å². The third-order valence-corrected chi connectivity index (χ3v) is 3.95. The van der Waals surface area contributed by atoms with Crippen molar-refractivity contribution in [2.75, 3.05) is 11.4 Å². The van der Waals surface area contributed by atoms with Crippen molar-refractivity contribution in [3.8, 4) is 0 Å². The molecule has 0 unspecified atom stereocenters. The Morgan fingerprint density at radius 3 is 2.68 bits per heavy atom. The molecule has 0 aliphatic rings. The molecule has 1 heterocycles. The fraction of sp³-hybridized carbons (Fsp3) is 0.333. The van der Waals surface area contributed by atoms with Crippen molar-refractivity contribution in [2.45, 2.75) is 26.5 Å². The van der Waals surface area contributed by atoms with Gasteiger partial charge in [-0.1, -0.05) is 18.2 Å². The fourth-order valence-electron chi connectivity index (χ4n) is 2.14. The Balaban J connectivity index is 2.37. The predicted octanol–water partition coefficient (Wildman–Crippen LogP) is 3.97. The van der Waals surface area contributed by atoms with Crippen molar-refractivity contribution >= 4 is 17.0 Å². The van der Waals surface area contributed by atoms with E-state index < -0.39 is 6.10 Å². The normalized spacial score (nSPS) is 12.4. The van der Waals surface area contributed by atoms with Gasteiger partial charge in [-0.15, -0.1) is 11.3 Å². The van der Waals surface area contributed by atoms with Crippen LogP contribution < -0.4 is 4.90 Å². The van der Waals surface area contributed by atoms with Crippen LogP contribution in [0.25, 0.3) is 0 Å². The SMILES string of the molecule is CCN(Cc1cccs1)c1c(F)cccc1[C@@H](C)O. The van der Waals surface area contributed by atoms with Gasteiger partial charge in [-0.05, 0) is 31.4 Å². The Morgan fingerprint density at radius 2 is 2.11 bits per heavy atom. The van der Waals surface area contributed by atoms with Crippen molar-refractivity contribution < 1.29 is 9.50 Å². The molecule has 0 amide bonds.